The second-order valence-corrected chi connectivity index (χ2v) is 7.53. The lowest BCUT2D eigenvalue weighted by Gasteiger charge is -2.33. The Labute approximate surface area is 163 Å². The number of aromatic nitrogens is 6. The van der Waals surface area contributed by atoms with Gasteiger partial charge in [-0.3, -0.25) is 9.48 Å². The minimum atomic E-state index is -0.364. The number of amides is 1. The number of rotatable bonds is 2. The standard InChI is InChI=1S/C18H16FN7OS/c1-10-15-21-22-16(14-13-17(23-24(14)2)28-9-20-13)26(15)8-7-25(10)18(27)11-3-5-12(19)6-4-11/h3-6,9-10H,7-8H2,1-2H3/t10-/m1/s1. The molecule has 0 fully saturated rings. The molecule has 0 spiro atoms. The van der Waals surface area contributed by atoms with E-state index in [1.807, 2.05) is 18.5 Å². The van der Waals surface area contributed by atoms with Crippen molar-refractivity contribution in [2.45, 2.75) is 19.5 Å². The summed E-state index contributed by atoms with van der Waals surface area (Å²) in [5.74, 6) is 0.899. The van der Waals surface area contributed by atoms with Crippen LogP contribution in [0.2, 0.25) is 0 Å². The summed E-state index contributed by atoms with van der Waals surface area (Å²) in [6.45, 7) is 2.99. The average molecular weight is 397 g/mol. The molecule has 5 rings (SSSR count). The molecule has 10 heteroatoms. The SMILES string of the molecule is C[C@@H]1c2nnc(-c3c4ncsc4nn3C)n2CCN1C(=O)c1ccc(F)cc1. The Morgan fingerprint density at radius 1 is 1.21 bits per heavy atom. The van der Waals surface area contributed by atoms with Gasteiger partial charge in [-0.15, -0.1) is 21.5 Å². The van der Waals surface area contributed by atoms with E-state index in [9.17, 15) is 9.18 Å². The number of aryl methyl sites for hydroxylation is 1. The van der Waals surface area contributed by atoms with Gasteiger partial charge in [0.15, 0.2) is 16.5 Å². The lowest BCUT2D eigenvalue weighted by molar-refractivity contribution is 0.0638. The molecule has 0 bridgehead atoms. The number of carbonyl (C=O) groups is 1. The highest BCUT2D eigenvalue weighted by molar-refractivity contribution is 7.16. The first-order valence-corrected chi connectivity index (χ1v) is 9.68. The molecule has 0 aliphatic carbocycles. The second-order valence-electron chi connectivity index (χ2n) is 6.69. The predicted octanol–water partition coefficient (Wildman–Crippen LogP) is 2.64. The zero-order valence-electron chi connectivity index (χ0n) is 15.2. The summed E-state index contributed by atoms with van der Waals surface area (Å²) in [7, 11) is 1.86. The Bertz CT molecular complexity index is 1190. The van der Waals surface area contributed by atoms with Crippen molar-refractivity contribution in [3.05, 3.63) is 47.0 Å². The number of nitrogens with zero attached hydrogens (tertiary/aromatic N) is 7. The summed E-state index contributed by atoms with van der Waals surface area (Å²) in [5.41, 5.74) is 3.85. The zero-order valence-corrected chi connectivity index (χ0v) is 16.0. The topological polar surface area (TPSA) is 81.7 Å². The van der Waals surface area contributed by atoms with E-state index in [1.165, 1.54) is 35.6 Å². The maximum absolute atomic E-state index is 13.2. The van der Waals surface area contributed by atoms with Crippen LogP contribution in [0, 0.1) is 5.82 Å². The largest absolute Gasteiger partial charge is 0.327 e. The van der Waals surface area contributed by atoms with Crippen LogP contribution < -0.4 is 0 Å². The van der Waals surface area contributed by atoms with E-state index < -0.39 is 0 Å². The van der Waals surface area contributed by atoms with Crippen molar-refractivity contribution in [3.63, 3.8) is 0 Å². The molecule has 1 amide bonds. The van der Waals surface area contributed by atoms with Crippen LogP contribution in [0.15, 0.2) is 29.8 Å². The van der Waals surface area contributed by atoms with Crippen molar-refractivity contribution in [2.75, 3.05) is 6.54 Å². The number of hydrogen-bond acceptors (Lipinski definition) is 6. The van der Waals surface area contributed by atoms with E-state index in [1.54, 1.807) is 15.1 Å². The average Bonchev–Trinajstić information content (AvgIpc) is 3.37. The van der Waals surface area contributed by atoms with Gasteiger partial charge < -0.3 is 9.47 Å². The van der Waals surface area contributed by atoms with E-state index >= 15 is 0 Å². The van der Waals surface area contributed by atoms with Gasteiger partial charge in [0.05, 0.1) is 11.6 Å². The first-order valence-electron chi connectivity index (χ1n) is 8.81. The fraction of sp³-hybridized carbons (Fsp3) is 0.278. The summed E-state index contributed by atoms with van der Waals surface area (Å²) in [6.07, 6.45) is 0. The Hall–Kier alpha value is -3.14. The molecule has 28 heavy (non-hydrogen) atoms. The lowest BCUT2D eigenvalue weighted by Crippen LogP contribution is -2.41. The molecule has 1 aromatic carbocycles. The summed E-state index contributed by atoms with van der Waals surface area (Å²) in [6, 6.07) is 5.34. The molecule has 4 heterocycles. The highest BCUT2D eigenvalue weighted by atomic mass is 32.1. The fourth-order valence-corrected chi connectivity index (χ4v) is 4.35. The van der Waals surface area contributed by atoms with Gasteiger partial charge in [-0.25, -0.2) is 9.37 Å². The van der Waals surface area contributed by atoms with Gasteiger partial charge in [0.2, 0.25) is 0 Å². The summed E-state index contributed by atoms with van der Waals surface area (Å²) >= 11 is 1.48. The molecule has 1 aliphatic heterocycles. The molecule has 1 atom stereocenters. The minimum Gasteiger partial charge on any atom is -0.327 e. The van der Waals surface area contributed by atoms with E-state index in [4.69, 9.17) is 0 Å². The minimum absolute atomic E-state index is 0.147. The predicted molar refractivity (Wildman–Crippen MR) is 101 cm³/mol. The van der Waals surface area contributed by atoms with E-state index in [-0.39, 0.29) is 17.8 Å². The third kappa shape index (κ3) is 2.44. The van der Waals surface area contributed by atoms with Crippen LogP contribution in [0.5, 0.6) is 0 Å². The van der Waals surface area contributed by atoms with Gasteiger partial charge >= 0.3 is 0 Å². The zero-order chi connectivity index (χ0) is 19.4. The van der Waals surface area contributed by atoms with Crippen LogP contribution in [0.1, 0.15) is 29.1 Å². The highest BCUT2D eigenvalue weighted by Crippen LogP contribution is 2.32. The molecule has 1 aliphatic rings. The van der Waals surface area contributed by atoms with Gasteiger partial charge in [0.1, 0.15) is 17.0 Å². The molecule has 0 saturated heterocycles. The van der Waals surface area contributed by atoms with Crippen LogP contribution in [0.4, 0.5) is 4.39 Å². The highest BCUT2D eigenvalue weighted by Gasteiger charge is 2.33. The maximum Gasteiger partial charge on any atom is 0.254 e. The molecule has 142 valence electrons. The Balaban J connectivity index is 1.51. The van der Waals surface area contributed by atoms with Crippen LogP contribution in [-0.4, -0.2) is 46.9 Å². The van der Waals surface area contributed by atoms with Crippen molar-refractivity contribution in [1.82, 2.24) is 34.4 Å². The fourth-order valence-electron chi connectivity index (χ4n) is 3.66. The number of benzene rings is 1. The van der Waals surface area contributed by atoms with Crippen molar-refractivity contribution >= 4 is 27.6 Å². The summed E-state index contributed by atoms with van der Waals surface area (Å²) < 4.78 is 17.0. The second kappa shape index (κ2) is 6.20. The van der Waals surface area contributed by atoms with Crippen LogP contribution in [0.25, 0.3) is 21.9 Å². The van der Waals surface area contributed by atoms with Crippen molar-refractivity contribution in [2.24, 2.45) is 7.05 Å². The number of halogens is 1. The van der Waals surface area contributed by atoms with Crippen molar-refractivity contribution in [3.8, 4) is 11.5 Å². The molecule has 8 nitrogen and oxygen atoms in total. The molecule has 0 unspecified atom stereocenters. The van der Waals surface area contributed by atoms with Crippen LogP contribution in [0.3, 0.4) is 0 Å². The van der Waals surface area contributed by atoms with E-state index in [2.05, 4.69) is 20.3 Å². The number of carbonyl (C=O) groups excluding carboxylic acids is 1. The first-order chi connectivity index (χ1) is 13.5. The Morgan fingerprint density at radius 3 is 2.79 bits per heavy atom. The van der Waals surface area contributed by atoms with Gasteiger partial charge in [0.25, 0.3) is 5.91 Å². The van der Waals surface area contributed by atoms with Crippen molar-refractivity contribution < 1.29 is 9.18 Å². The normalized spacial score (nSPS) is 16.5. The summed E-state index contributed by atoms with van der Waals surface area (Å²) in [4.78, 5) is 19.9. The van der Waals surface area contributed by atoms with E-state index in [0.717, 1.165) is 16.0 Å². The molecule has 0 saturated carbocycles. The van der Waals surface area contributed by atoms with E-state index in [0.29, 0.717) is 30.3 Å². The molecule has 0 N–H and O–H groups in total. The Morgan fingerprint density at radius 2 is 2.00 bits per heavy atom. The lowest BCUT2D eigenvalue weighted by atomic mass is 10.1. The van der Waals surface area contributed by atoms with Gasteiger partial charge in [0, 0.05) is 25.7 Å². The van der Waals surface area contributed by atoms with Crippen LogP contribution >= 0.6 is 11.3 Å². The molecular weight excluding hydrogens is 381 g/mol. The number of thiazole rings is 1. The molecule has 3 aromatic heterocycles. The van der Waals surface area contributed by atoms with Gasteiger partial charge in [-0.2, -0.15) is 5.10 Å². The van der Waals surface area contributed by atoms with Crippen molar-refractivity contribution in [1.29, 1.82) is 0 Å². The third-order valence-corrected chi connectivity index (χ3v) is 5.80. The van der Waals surface area contributed by atoms with Gasteiger partial charge in [-0.1, -0.05) is 0 Å². The molecular formula is C18H16FN7OS. The first kappa shape index (κ1) is 17.0. The monoisotopic (exact) mass is 397 g/mol. The molecule has 4 aromatic rings. The smallest absolute Gasteiger partial charge is 0.254 e. The quantitative estimate of drug-likeness (QED) is 0.519. The van der Waals surface area contributed by atoms with Gasteiger partial charge in [-0.05, 0) is 31.2 Å². The maximum atomic E-state index is 13.2. The molecule has 0 radical (unpaired) electrons. The third-order valence-electron chi connectivity index (χ3n) is 5.09. The Kier molecular flexibility index (Phi) is 3.76. The number of fused-ring (bicyclic) bond motifs is 2. The van der Waals surface area contributed by atoms with Crippen LogP contribution in [-0.2, 0) is 13.6 Å². The summed E-state index contributed by atoms with van der Waals surface area (Å²) in [5, 5.41) is 13.2. The number of hydrogen-bond donors (Lipinski definition) is 0.